The van der Waals surface area contributed by atoms with Crippen LogP contribution in [0.1, 0.15) is 24.0 Å². The van der Waals surface area contributed by atoms with Crippen LogP contribution in [0.5, 0.6) is 5.75 Å². The first-order valence-corrected chi connectivity index (χ1v) is 9.27. The number of hydrogen-bond acceptors (Lipinski definition) is 4. The third-order valence-electron chi connectivity index (χ3n) is 4.43. The van der Waals surface area contributed by atoms with Gasteiger partial charge in [0.2, 0.25) is 0 Å². The minimum atomic E-state index is 0.214. The zero-order chi connectivity index (χ0) is 18.4. The van der Waals surface area contributed by atoms with Crippen molar-refractivity contribution in [1.29, 1.82) is 0 Å². The molecule has 26 heavy (non-hydrogen) atoms. The summed E-state index contributed by atoms with van der Waals surface area (Å²) in [6, 6.07) is 10.0. The number of aryl methyl sites for hydroxylation is 1. The fraction of sp³-hybridized carbons (Fsp3) is 0.400. The minimum absolute atomic E-state index is 0.214. The lowest BCUT2D eigenvalue weighted by molar-refractivity contribution is 0.0905. The lowest BCUT2D eigenvalue weighted by Gasteiger charge is -2.28. The van der Waals surface area contributed by atoms with E-state index < -0.39 is 0 Å². The molecule has 3 rings (SSSR count). The number of aromatic nitrogens is 1. The van der Waals surface area contributed by atoms with Gasteiger partial charge in [-0.3, -0.25) is 4.98 Å². The van der Waals surface area contributed by atoms with Gasteiger partial charge in [-0.2, -0.15) is 0 Å². The Morgan fingerprint density at radius 3 is 3.00 bits per heavy atom. The summed E-state index contributed by atoms with van der Waals surface area (Å²) in [7, 11) is 1.67. The topological polar surface area (TPSA) is 46.6 Å². The molecule has 2 aromatic rings. The minimum Gasteiger partial charge on any atom is -0.495 e. The van der Waals surface area contributed by atoms with Crippen LogP contribution in [0, 0.1) is 6.92 Å². The van der Waals surface area contributed by atoms with Crippen LogP contribution in [-0.4, -0.2) is 41.4 Å². The van der Waals surface area contributed by atoms with E-state index in [4.69, 9.17) is 21.7 Å². The molecule has 0 radical (unpaired) electrons. The van der Waals surface area contributed by atoms with E-state index in [1.807, 2.05) is 37.4 Å². The highest BCUT2D eigenvalue weighted by Crippen LogP contribution is 2.26. The first kappa shape index (κ1) is 18.6. The van der Waals surface area contributed by atoms with Crippen molar-refractivity contribution in [2.24, 2.45) is 0 Å². The van der Waals surface area contributed by atoms with Crippen molar-refractivity contribution in [3.05, 3.63) is 53.9 Å². The van der Waals surface area contributed by atoms with Crippen molar-refractivity contribution in [3.63, 3.8) is 0 Å². The van der Waals surface area contributed by atoms with Crippen molar-refractivity contribution < 1.29 is 9.47 Å². The van der Waals surface area contributed by atoms with Gasteiger partial charge in [-0.05, 0) is 61.3 Å². The van der Waals surface area contributed by atoms with Crippen LogP contribution in [0.15, 0.2) is 42.7 Å². The average molecular weight is 372 g/mol. The summed E-state index contributed by atoms with van der Waals surface area (Å²) in [6.07, 6.45) is 6.04. The second-order valence-electron chi connectivity index (χ2n) is 6.51. The van der Waals surface area contributed by atoms with Gasteiger partial charge >= 0.3 is 0 Å². The zero-order valence-electron chi connectivity index (χ0n) is 15.3. The van der Waals surface area contributed by atoms with Crippen LogP contribution in [0.3, 0.4) is 0 Å². The van der Waals surface area contributed by atoms with Crippen molar-refractivity contribution in [2.75, 3.05) is 25.6 Å². The summed E-state index contributed by atoms with van der Waals surface area (Å²) in [4.78, 5) is 6.35. The smallest absolute Gasteiger partial charge is 0.173 e. The van der Waals surface area contributed by atoms with E-state index in [0.29, 0.717) is 11.7 Å². The Hall–Kier alpha value is -2.18. The van der Waals surface area contributed by atoms with Gasteiger partial charge in [-0.1, -0.05) is 12.1 Å². The summed E-state index contributed by atoms with van der Waals surface area (Å²) in [6.45, 7) is 4.32. The van der Waals surface area contributed by atoms with Gasteiger partial charge in [0.25, 0.3) is 0 Å². The van der Waals surface area contributed by atoms with Crippen molar-refractivity contribution in [3.8, 4) is 5.75 Å². The first-order valence-electron chi connectivity index (χ1n) is 8.87. The Kier molecular flexibility index (Phi) is 6.41. The number of hydrogen-bond donors (Lipinski definition) is 1. The van der Waals surface area contributed by atoms with Crippen LogP contribution in [0.2, 0.25) is 0 Å². The molecule has 1 saturated heterocycles. The molecule has 0 spiro atoms. The van der Waals surface area contributed by atoms with Gasteiger partial charge in [0, 0.05) is 32.1 Å². The van der Waals surface area contributed by atoms with E-state index in [1.54, 1.807) is 13.3 Å². The molecule has 1 aliphatic rings. The quantitative estimate of drug-likeness (QED) is 0.780. The number of benzene rings is 1. The molecule has 1 N–H and O–H groups in total. The number of nitrogens with one attached hydrogen (secondary N) is 1. The molecular formula is C20H25N3O2S. The third kappa shape index (κ3) is 4.93. The Labute approximate surface area is 160 Å². The monoisotopic (exact) mass is 371 g/mol. The number of anilines is 1. The third-order valence-corrected chi connectivity index (χ3v) is 4.79. The van der Waals surface area contributed by atoms with Crippen LogP contribution >= 0.6 is 12.2 Å². The summed E-state index contributed by atoms with van der Waals surface area (Å²) >= 11 is 5.71. The SMILES string of the molecule is COc1cc(C)ccc1NC(=S)N(Cc1cccnc1)CC1CCCO1. The number of thiocarbonyl (C=S) groups is 1. The molecule has 1 fully saturated rings. The summed E-state index contributed by atoms with van der Waals surface area (Å²) < 4.78 is 11.3. The molecule has 2 heterocycles. The molecule has 138 valence electrons. The highest BCUT2D eigenvalue weighted by Gasteiger charge is 2.21. The molecule has 1 unspecified atom stereocenters. The van der Waals surface area contributed by atoms with E-state index in [1.165, 1.54) is 0 Å². The molecule has 0 amide bonds. The number of pyridine rings is 1. The van der Waals surface area contributed by atoms with Crippen molar-refractivity contribution in [1.82, 2.24) is 9.88 Å². The Bertz CT molecular complexity index is 733. The number of methoxy groups -OCH3 is 1. The molecule has 0 bridgehead atoms. The molecule has 1 aromatic carbocycles. The van der Waals surface area contributed by atoms with Crippen LogP contribution in [-0.2, 0) is 11.3 Å². The largest absolute Gasteiger partial charge is 0.495 e. The standard InChI is InChI=1S/C20H25N3O2S/c1-15-7-8-18(19(11-15)24-2)22-20(26)23(14-17-6-4-10-25-17)13-16-5-3-9-21-12-16/h3,5,7-9,11-12,17H,4,6,10,13-14H2,1-2H3,(H,22,26). The molecule has 1 atom stereocenters. The average Bonchev–Trinajstić information content (AvgIpc) is 3.16. The van der Waals surface area contributed by atoms with Gasteiger partial charge in [0.05, 0.1) is 18.9 Å². The van der Waals surface area contributed by atoms with E-state index in [2.05, 4.69) is 21.3 Å². The summed E-state index contributed by atoms with van der Waals surface area (Å²) in [5, 5.41) is 4.00. The van der Waals surface area contributed by atoms with Crippen LogP contribution < -0.4 is 10.1 Å². The molecule has 1 aliphatic heterocycles. The van der Waals surface area contributed by atoms with E-state index >= 15 is 0 Å². The van der Waals surface area contributed by atoms with Crippen molar-refractivity contribution >= 4 is 23.0 Å². The lowest BCUT2D eigenvalue weighted by Crippen LogP contribution is -2.39. The molecule has 0 saturated carbocycles. The summed E-state index contributed by atoms with van der Waals surface area (Å²) in [5.74, 6) is 0.783. The Balaban J connectivity index is 1.75. The van der Waals surface area contributed by atoms with Gasteiger partial charge in [0.15, 0.2) is 5.11 Å². The second-order valence-corrected chi connectivity index (χ2v) is 6.90. The highest BCUT2D eigenvalue weighted by atomic mass is 32.1. The van der Waals surface area contributed by atoms with Crippen LogP contribution in [0.25, 0.3) is 0 Å². The van der Waals surface area contributed by atoms with E-state index in [9.17, 15) is 0 Å². The van der Waals surface area contributed by atoms with Crippen LogP contribution in [0.4, 0.5) is 5.69 Å². The second kappa shape index (κ2) is 8.96. The predicted octanol–water partition coefficient (Wildman–Crippen LogP) is 3.78. The molecular weight excluding hydrogens is 346 g/mol. The van der Waals surface area contributed by atoms with Gasteiger partial charge < -0.3 is 19.7 Å². The number of nitrogens with zero attached hydrogens (tertiary/aromatic N) is 2. The molecule has 0 aliphatic carbocycles. The normalized spacial score (nSPS) is 16.3. The molecule has 1 aromatic heterocycles. The lowest BCUT2D eigenvalue weighted by atomic mass is 10.2. The maximum absolute atomic E-state index is 5.81. The first-order chi connectivity index (χ1) is 12.7. The maximum Gasteiger partial charge on any atom is 0.173 e. The highest BCUT2D eigenvalue weighted by molar-refractivity contribution is 7.80. The zero-order valence-corrected chi connectivity index (χ0v) is 16.1. The van der Waals surface area contributed by atoms with Gasteiger partial charge in [-0.25, -0.2) is 0 Å². The molecule has 6 heteroatoms. The van der Waals surface area contributed by atoms with Crippen molar-refractivity contribution in [2.45, 2.75) is 32.4 Å². The number of ether oxygens (including phenoxy) is 2. The Morgan fingerprint density at radius 1 is 1.42 bits per heavy atom. The van der Waals surface area contributed by atoms with Gasteiger partial charge in [-0.15, -0.1) is 0 Å². The van der Waals surface area contributed by atoms with Gasteiger partial charge in [0.1, 0.15) is 5.75 Å². The fourth-order valence-corrected chi connectivity index (χ4v) is 3.31. The fourth-order valence-electron chi connectivity index (χ4n) is 3.06. The van der Waals surface area contributed by atoms with E-state index in [0.717, 1.165) is 48.6 Å². The number of rotatable bonds is 6. The Morgan fingerprint density at radius 2 is 2.31 bits per heavy atom. The predicted molar refractivity (Wildman–Crippen MR) is 108 cm³/mol. The molecule has 5 nitrogen and oxygen atoms in total. The maximum atomic E-state index is 5.81. The van der Waals surface area contributed by atoms with E-state index in [-0.39, 0.29) is 6.10 Å². The summed E-state index contributed by atoms with van der Waals surface area (Å²) in [5.41, 5.74) is 3.13.